The standard InChI is InChI=1S/C19H17FN4/c1-11-7-15(19(22)18(23-2)5-6-21)12(10-24-11)8-16-14-4-3-13(20)9-17(14)16/h3-10,21-23H,1-2H3/b16-8+,18-5-,21-6?,22-19?. The number of nitrogens with one attached hydrogen (secondary N) is 3. The molecule has 1 aliphatic carbocycles. The van der Waals surface area contributed by atoms with E-state index in [-0.39, 0.29) is 11.5 Å². The topological polar surface area (TPSA) is 72.6 Å². The summed E-state index contributed by atoms with van der Waals surface area (Å²) in [6.07, 6.45) is 6.33. The summed E-state index contributed by atoms with van der Waals surface area (Å²) in [5.74, 6) is -0.251. The summed E-state index contributed by atoms with van der Waals surface area (Å²) in [6.45, 7) is 1.87. The molecule has 120 valence electrons. The van der Waals surface area contributed by atoms with Crippen molar-refractivity contribution in [1.82, 2.24) is 10.3 Å². The predicted molar refractivity (Wildman–Crippen MR) is 95.1 cm³/mol. The molecule has 0 bridgehead atoms. The Labute approximate surface area is 139 Å². The summed E-state index contributed by atoms with van der Waals surface area (Å²) in [5.41, 5.74) is 6.06. The Morgan fingerprint density at radius 2 is 2.04 bits per heavy atom. The molecule has 0 fully saturated rings. The molecule has 3 N–H and O–H groups in total. The maximum absolute atomic E-state index is 13.3. The predicted octanol–water partition coefficient (Wildman–Crippen LogP) is 3.55. The molecular formula is C19H17FN4. The van der Waals surface area contributed by atoms with Crippen LogP contribution >= 0.6 is 0 Å². The molecule has 5 heteroatoms. The van der Waals surface area contributed by atoms with Gasteiger partial charge in [-0.25, -0.2) is 4.39 Å². The van der Waals surface area contributed by atoms with Crippen LogP contribution in [0.5, 0.6) is 0 Å². The van der Waals surface area contributed by atoms with Crippen LogP contribution in [-0.2, 0) is 0 Å². The highest BCUT2D eigenvalue weighted by molar-refractivity contribution is 6.16. The quantitative estimate of drug-likeness (QED) is 0.629. The molecule has 3 rings (SSSR count). The Bertz CT molecular complexity index is 910. The molecular weight excluding hydrogens is 303 g/mol. The number of halogens is 1. The Kier molecular flexibility index (Phi) is 4.08. The van der Waals surface area contributed by atoms with Crippen molar-refractivity contribution < 1.29 is 4.39 Å². The highest BCUT2D eigenvalue weighted by Gasteiger charge is 2.25. The summed E-state index contributed by atoms with van der Waals surface area (Å²) in [4.78, 5) is 4.31. The Hall–Kier alpha value is -3.08. The van der Waals surface area contributed by atoms with E-state index in [1.54, 1.807) is 19.3 Å². The number of aryl methyl sites for hydroxylation is 1. The molecule has 0 atom stereocenters. The first kappa shape index (κ1) is 15.8. The van der Waals surface area contributed by atoms with Gasteiger partial charge >= 0.3 is 0 Å². The van der Waals surface area contributed by atoms with Crippen molar-refractivity contribution in [3.8, 4) is 0 Å². The van der Waals surface area contributed by atoms with Crippen LogP contribution in [-0.4, -0.2) is 24.0 Å². The lowest BCUT2D eigenvalue weighted by atomic mass is 10.0. The van der Waals surface area contributed by atoms with Crippen LogP contribution in [0.25, 0.3) is 11.6 Å². The molecule has 0 radical (unpaired) electrons. The van der Waals surface area contributed by atoms with E-state index in [2.05, 4.69) is 10.3 Å². The maximum atomic E-state index is 13.3. The van der Waals surface area contributed by atoms with E-state index in [4.69, 9.17) is 10.8 Å². The summed E-state index contributed by atoms with van der Waals surface area (Å²) >= 11 is 0. The monoisotopic (exact) mass is 320 g/mol. The van der Waals surface area contributed by atoms with Gasteiger partial charge in [-0.1, -0.05) is 6.07 Å². The van der Waals surface area contributed by atoms with E-state index >= 15 is 0 Å². The molecule has 2 aromatic rings. The van der Waals surface area contributed by atoms with Crippen molar-refractivity contribution in [3.63, 3.8) is 0 Å². The van der Waals surface area contributed by atoms with Gasteiger partial charge in [-0.05, 0) is 54.0 Å². The molecule has 0 unspecified atom stereocenters. The fourth-order valence-corrected chi connectivity index (χ4v) is 2.65. The van der Waals surface area contributed by atoms with Crippen LogP contribution in [0, 0.1) is 23.6 Å². The smallest absolute Gasteiger partial charge is 0.123 e. The zero-order valence-electron chi connectivity index (χ0n) is 13.4. The second kappa shape index (κ2) is 6.20. The number of aromatic nitrogens is 1. The molecule has 1 aromatic heterocycles. The van der Waals surface area contributed by atoms with Gasteiger partial charge in [0.05, 0.1) is 11.4 Å². The molecule has 0 spiro atoms. The SMILES string of the molecule is CN/C(=C\C=N)C(=N)c1cc(C)ncc1/C=C1\c2ccc(F)cc21. The number of benzene rings is 1. The van der Waals surface area contributed by atoms with Crippen molar-refractivity contribution in [1.29, 1.82) is 10.8 Å². The maximum Gasteiger partial charge on any atom is 0.123 e. The molecule has 0 saturated carbocycles. The van der Waals surface area contributed by atoms with Gasteiger partial charge in [-0.15, -0.1) is 0 Å². The van der Waals surface area contributed by atoms with E-state index in [9.17, 15) is 4.39 Å². The fourth-order valence-electron chi connectivity index (χ4n) is 2.65. The lowest BCUT2D eigenvalue weighted by Gasteiger charge is -2.11. The molecule has 0 aliphatic heterocycles. The number of fused-ring (bicyclic) bond motifs is 1. The number of pyridine rings is 1. The minimum atomic E-state index is -0.251. The lowest BCUT2D eigenvalue weighted by molar-refractivity contribution is 0.628. The van der Waals surface area contributed by atoms with Crippen molar-refractivity contribution >= 4 is 23.6 Å². The molecule has 0 amide bonds. The number of rotatable bonds is 5. The van der Waals surface area contributed by atoms with Crippen molar-refractivity contribution in [3.05, 3.63) is 76.0 Å². The summed E-state index contributed by atoms with van der Waals surface area (Å²) < 4.78 is 13.3. The van der Waals surface area contributed by atoms with Crippen LogP contribution in [0.15, 0.2) is 42.2 Å². The first-order valence-corrected chi connectivity index (χ1v) is 7.51. The molecule has 1 aliphatic rings. The molecule has 1 aromatic carbocycles. The minimum Gasteiger partial charge on any atom is -0.386 e. The molecule has 1 heterocycles. The van der Waals surface area contributed by atoms with E-state index in [1.165, 1.54) is 18.2 Å². The Balaban J connectivity index is 2.03. The zero-order valence-corrected chi connectivity index (χ0v) is 13.4. The normalized spacial score (nSPS) is 14.3. The number of likely N-dealkylation sites (N-methyl/N-ethyl adjacent to an activating group) is 1. The summed E-state index contributed by atoms with van der Waals surface area (Å²) in [5, 5.41) is 18.6. The Morgan fingerprint density at radius 3 is 2.71 bits per heavy atom. The van der Waals surface area contributed by atoms with Crippen LogP contribution in [0.4, 0.5) is 4.39 Å². The number of hydrogen-bond donors (Lipinski definition) is 3. The van der Waals surface area contributed by atoms with Gasteiger partial charge in [-0.3, -0.25) is 10.4 Å². The van der Waals surface area contributed by atoms with E-state index in [0.29, 0.717) is 5.70 Å². The second-order valence-electron chi connectivity index (χ2n) is 5.53. The third kappa shape index (κ3) is 2.88. The molecule has 0 saturated heterocycles. The minimum absolute atomic E-state index is 0.251. The number of nitrogens with zero attached hydrogens (tertiary/aromatic N) is 1. The van der Waals surface area contributed by atoms with Crippen LogP contribution < -0.4 is 5.32 Å². The average molecular weight is 320 g/mol. The third-order valence-corrected chi connectivity index (χ3v) is 3.93. The highest BCUT2D eigenvalue weighted by atomic mass is 19.1. The van der Waals surface area contributed by atoms with Crippen molar-refractivity contribution in [2.75, 3.05) is 7.05 Å². The first-order chi connectivity index (χ1) is 11.5. The van der Waals surface area contributed by atoms with Gasteiger partial charge in [0.25, 0.3) is 0 Å². The van der Waals surface area contributed by atoms with Crippen molar-refractivity contribution in [2.24, 2.45) is 0 Å². The largest absolute Gasteiger partial charge is 0.386 e. The second-order valence-corrected chi connectivity index (χ2v) is 5.53. The van der Waals surface area contributed by atoms with Crippen LogP contribution in [0.3, 0.4) is 0 Å². The van der Waals surface area contributed by atoms with E-state index in [1.807, 2.05) is 19.1 Å². The Morgan fingerprint density at radius 1 is 1.25 bits per heavy atom. The van der Waals surface area contributed by atoms with E-state index in [0.717, 1.165) is 39.7 Å². The van der Waals surface area contributed by atoms with Crippen LogP contribution in [0.1, 0.15) is 27.9 Å². The fraction of sp³-hybridized carbons (Fsp3) is 0.105. The van der Waals surface area contributed by atoms with Gasteiger partial charge in [0.1, 0.15) is 5.82 Å². The van der Waals surface area contributed by atoms with Gasteiger partial charge in [0, 0.05) is 36.3 Å². The van der Waals surface area contributed by atoms with Crippen molar-refractivity contribution in [2.45, 2.75) is 6.92 Å². The average Bonchev–Trinajstić information content (AvgIpc) is 3.25. The first-order valence-electron chi connectivity index (χ1n) is 7.51. The van der Waals surface area contributed by atoms with Gasteiger partial charge < -0.3 is 10.7 Å². The molecule has 24 heavy (non-hydrogen) atoms. The lowest BCUT2D eigenvalue weighted by Crippen LogP contribution is -2.18. The van der Waals surface area contributed by atoms with Gasteiger partial charge in [0.2, 0.25) is 0 Å². The molecule has 4 nitrogen and oxygen atoms in total. The highest BCUT2D eigenvalue weighted by Crippen LogP contribution is 2.44. The zero-order chi connectivity index (χ0) is 17.3. The number of allylic oxidation sites excluding steroid dienone is 2. The van der Waals surface area contributed by atoms with Crippen LogP contribution in [0.2, 0.25) is 0 Å². The number of hydrogen-bond acceptors (Lipinski definition) is 4. The van der Waals surface area contributed by atoms with E-state index < -0.39 is 0 Å². The summed E-state index contributed by atoms with van der Waals surface area (Å²) in [7, 11) is 1.72. The third-order valence-electron chi connectivity index (χ3n) is 3.93. The van der Waals surface area contributed by atoms with Gasteiger partial charge in [0.15, 0.2) is 0 Å². The van der Waals surface area contributed by atoms with Gasteiger partial charge in [-0.2, -0.15) is 0 Å². The summed E-state index contributed by atoms with van der Waals surface area (Å²) in [6, 6.07) is 6.57.